The van der Waals surface area contributed by atoms with E-state index in [1.165, 1.54) is 0 Å². The number of nitriles is 1. The maximum Gasteiger partial charge on any atom is 0.237 e. The van der Waals surface area contributed by atoms with Gasteiger partial charge in [0.25, 0.3) is 0 Å². The van der Waals surface area contributed by atoms with E-state index in [1.54, 1.807) is 24.3 Å². The first kappa shape index (κ1) is 13.5. The largest absolute Gasteiger partial charge is 0.387 e. The highest BCUT2D eigenvalue weighted by Crippen LogP contribution is 2.13. The van der Waals surface area contributed by atoms with Crippen LogP contribution >= 0.6 is 0 Å². The number of carbonyl (C=O) groups is 1. The Balaban J connectivity index is 1.88. The van der Waals surface area contributed by atoms with E-state index in [0.29, 0.717) is 12.1 Å². The Morgan fingerprint density at radius 3 is 2.84 bits per heavy atom. The van der Waals surface area contributed by atoms with Crippen LogP contribution in [-0.2, 0) is 4.79 Å². The lowest BCUT2D eigenvalue weighted by Gasteiger charge is -2.24. The molecule has 1 saturated heterocycles. The normalized spacial score (nSPS) is 20.4. The Kier molecular flexibility index (Phi) is 4.50. The molecule has 2 unspecified atom stereocenters. The second-order valence-electron chi connectivity index (χ2n) is 4.64. The average Bonchev–Trinajstić information content (AvgIpc) is 2.46. The number of aliphatic hydroxyl groups is 1. The van der Waals surface area contributed by atoms with Crippen molar-refractivity contribution < 1.29 is 9.90 Å². The fraction of sp³-hybridized carbons (Fsp3) is 0.429. The third kappa shape index (κ3) is 3.53. The van der Waals surface area contributed by atoms with Crippen molar-refractivity contribution in [1.82, 2.24) is 10.6 Å². The molecule has 5 heteroatoms. The summed E-state index contributed by atoms with van der Waals surface area (Å²) in [6.07, 6.45) is 1.07. The second kappa shape index (κ2) is 6.32. The molecule has 1 heterocycles. The van der Waals surface area contributed by atoms with Crippen molar-refractivity contribution in [3.63, 3.8) is 0 Å². The highest BCUT2D eigenvalue weighted by molar-refractivity contribution is 5.82. The number of carbonyl (C=O) groups excluding carboxylic acids is 1. The highest BCUT2D eigenvalue weighted by atomic mass is 16.3. The smallest absolute Gasteiger partial charge is 0.237 e. The van der Waals surface area contributed by atoms with Gasteiger partial charge in [-0.05, 0) is 30.5 Å². The molecule has 1 aliphatic rings. The van der Waals surface area contributed by atoms with Crippen molar-refractivity contribution in [3.8, 4) is 6.07 Å². The van der Waals surface area contributed by atoms with E-state index in [9.17, 15) is 9.90 Å². The lowest BCUT2D eigenvalue weighted by Crippen LogP contribution is -2.49. The fourth-order valence-corrected chi connectivity index (χ4v) is 2.12. The van der Waals surface area contributed by atoms with Crippen LogP contribution in [0.15, 0.2) is 24.3 Å². The average molecular weight is 259 g/mol. The molecule has 0 bridgehead atoms. The van der Waals surface area contributed by atoms with E-state index in [2.05, 4.69) is 10.6 Å². The van der Waals surface area contributed by atoms with Gasteiger partial charge in [-0.3, -0.25) is 4.79 Å². The van der Waals surface area contributed by atoms with Gasteiger partial charge in [-0.2, -0.15) is 5.26 Å². The van der Waals surface area contributed by atoms with Gasteiger partial charge < -0.3 is 15.7 Å². The molecular formula is C14H17N3O2. The molecule has 1 fully saturated rings. The van der Waals surface area contributed by atoms with E-state index in [1.807, 2.05) is 6.07 Å². The van der Waals surface area contributed by atoms with E-state index in [4.69, 9.17) is 5.26 Å². The summed E-state index contributed by atoms with van der Waals surface area (Å²) in [4.78, 5) is 11.5. The van der Waals surface area contributed by atoms with Crippen LogP contribution in [0, 0.1) is 11.3 Å². The first-order valence-corrected chi connectivity index (χ1v) is 6.40. The van der Waals surface area contributed by atoms with Crippen LogP contribution in [0.2, 0.25) is 0 Å². The predicted molar refractivity (Wildman–Crippen MR) is 70.2 cm³/mol. The fourth-order valence-electron chi connectivity index (χ4n) is 2.12. The quantitative estimate of drug-likeness (QED) is 0.733. The molecule has 1 aliphatic heterocycles. The lowest BCUT2D eigenvalue weighted by molar-refractivity contribution is -0.124. The monoisotopic (exact) mass is 259 g/mol. The van der Waals surface area contributed by atoms with Gasteiger partial charge in [-0.15, -0.1) is 0 Å². The van der Waals surface area contributed by atoms with Gasteiger partial charge in [0.15, 0.2) is 0 Å². The Morgan fingerprint density at radius 1 is 1.47 bits per heavy atom. The standard InChI is InChI=1S/C14H17N3O2/c15-8-10-3-5-11(6-4-10)13(18)9-17-12-2-1-7-16-14(12)19/h3-6,12-13,17-18H,1-2,7,9H2,(H,16,19). The SMILES string of the molecule is N#Cc1ccc(C(O)CNC2CCCNC2=O)cc1. The summed E-state index contributed by atoms with van der Waals surface area (Å²) < 4.78 is 0. The minimum atomic E-state index is -0.678. The number of amides is 1. The molecule has 0 spiro atoms. The van der Waals surface area contributed by atoms with Gasteiger partial charge in [-0.25, -0.2) is 0 Å². The third-order valence-electron chi connectivity index (χ3n) is 3.27. The molecule has 3 N–H and O–H groups in total. The molecule has 5 nitrogen and oxygen atoms in total. The molecular weight excluding hydrogens is 242 g/mol. The van der Waals surface area contributed by atoms with Crippen molar-refractivity contribution in [2.24, 2.45) is 0 Å². The Bertz CT molecular complexity index is 478. The van der Waals surface area contributed by atoms with Gasteiger partial charge in [0, 0.05) is 13.1 Å². The number of benzene rings is 1. The minimum absolute atomic E-state index is 0.00159. The number of hydrogen-bond acceptors (Lipinski definition) is 4. The summed E-state index contributed by atoms with van der Waals surface area (Å²) in [6, 6.07) is 8.61. The molecule has 1 aromatic carbocycles. The van der Waals surface area contributed by atoms with Crippen LogP contribution in [0.1, 0.15) is 30.1 Å². The number of piperidine rings is 1. The Labute approximate surface area is 112 Å². The van der Waals surface area contributed by atoms with E-state index >= 15 is 0 Å². The topological polar surface area (TPSA) is 85.2 Å². The summed E-state index contributed by atoms with van der Waals surface area (Å²) in [7, 11) is 0. The van der Waals surface area contributed by atoms with Crippen LogP contribution in [0.5, 0.6) is 0 Å². The van der Waals surface area contributed by atoms with Crippen LogP contribution in [-0.4, -0.2) is 30.1 Å². The van der Waals surface area contributed by atoms with Crippen molar-refractivity contribution >= 4 is 5.91 Å². The Morgan fingerprint density at radius 2 is 2.21 bits per heavy atom. The summed E-state index contributed by atoms with van der Waals surface area (Å²) in [6.45, 7) is 1.05. The number of hydrogen-bond donors (Lipinski definition) is 3. The maximum absolute atomic E-state index is 11.5. The number of nitrogens with one attached hydrogen (secondary N) is 2. The van der Waals surface area contributed by atoms with Gasteiger partial charge >= 0.3 is 0 Å². The molecule has 0 radical (unpaired) electrons. The van der Waals surface area contributed by atoms with E-state index in [-0.39, 0.29) is 11.9 Å². The molecule has 100 valence electrons. The lowest BCUT2D eigenvalue weighted by atomic mass is 10.0. The van der Waals surface area contributed by atoms with Crippen molar-refractivity contribution in [2.75, 3.05) is 13.1 Å². The first-order chi connectivity index (χ1) is 9.20. The summed E-state index contributed by atoms with van der Waals surface area (Å²) in [5.74, 6) is -0.00159. The Hall–Kier alpha value is -1.90. The van der Waals surface area contributed by atoms with E-state index in [0.717, 1.165) is 24.9 Å². The maximum atomic E-state index is 11.5. The second-order valence-corrected chi connectivity index (χ2v) is 4.64. The zero-order valence-electron chi connectivity index (χ0n) is 10.6. The molecule has 0 aromatic heterocycles. The van der Waals surface area contributed by atoms with Gasteiger partial charge in [0.1, 0.15) is 0 Å². The van der Waals surface area contributed by atoms with Gasteiger partial charge in [0.2, 0.25) is 5.91 Å². The van der Waals surface area contributed by atoms with Crippen molar-refractivity contribution in [3.05, 3.63) is 35.4 Å². The van der Waals surface area contributed by atoms with Crippen LogP contribution in [0.25, 0.3) is 0 Å². The number of nitrogens with zero attached hydrogens (tertiary/aromatic N) is 1. The molecule has 2 rings (SSSR count). The molecule has 0 aliphatic carbocycles. The number of aliphatic hydroxyl groups excluding tert-OH is 1. The minimum Gasteiger partial charge on any atom is -0.387 e. The number of rotatable bonds is 4. The summed E-state index contributed by atoms with van der Waals surface area (Å²) in [5.41, 5.74) is 1.30. The summed E-state index contributed by atoms with van der Waals surface area (Å²) in [5, 5.41) is 24.6. The predicted octanol–water partition coefficient (Wildman–Crippen LogP) is 0.460. The zero-order chi connectivity index (χ0) is 13.7. The van der Waals surface area contributed by atoms with Crippen molar-refractivity contribution in [2.45, 2.75) is 25.0 Å². The van der Waals surface area contributed by atoms with Gasteiger partial charge in [0.05, 0.1) is 23.8 Å². The molecule has 19 heavy (non-hydrogen) atoms. The molecule has 1 aromatic rings. The van der Waals surface area contributed by atoms with Crippen LogP contribution in [0.3, 0.4) is 0 Å². The zero-order valence-corrected chi connectivity index (χ0v) is 10.6. The molecule has 2 atom stereocenters. The summed E-state index contributed by atoms with van der Waals surface area (Å²) >= 11 is 0. The first-order valence-electron chi connectivity index (χ1n) is 6.40. The van der Waals surface area contributed by atoms with Crippen LogP contribution < -0.4 is 10.6 Å². The van der Waals surface area contributed by atoms with Gasteiger partial charge in [-0.1, -0.05) is 12.1 Å². The van der Waals surface area contributed by atoms with Crippen LogP contribution in [0.4, 0.5) is 0 Å². The molecule has 0 saturated carbocycles. The molecule has 1 amide bonds. The third-order valence-corrected chi connectivity index (χ3v) is 3.27. The van der Waals surface area contributed by atoms with E-state index < -0.39 is 6.10 Å². The highest BCUT2D eigenvalue weighted by Gasteiger charge is 2.22. The van der Waals surface area contributed by atoms with Crippen molar-refractivity contribution in [1.29, 1.82) is 5.26 Å².